The molecule has 1 saturated heterocycles. The van der Waals surface area contributed by atoms with Crippen LogP contribution < -0.4 is 5.32 Å². The highest BCUT2D eigenvalue weighted by Crippen LogP contribution is 2.27. The van der Waals surface area contributed by atoms with Gasteiger partial charge in [0.2, 0.25) is 0 Å². The summed E-state index contributed by atoms with van der Waals surface area (Å²) >= 11 is 3.28. The van der Waals surface area contributed by atoms with E-state index in [0.29, 0.717) is 18.7 Å². The van der Waals surface area contributed by atoms with Gasteiger partial charge in [0.05, 0.1) is 0 Å². The fourth-order valence-corrected chi connectivity index (χ4v) is 1.93. The zero-order valence-corrected chi connectivity index (χ0v) is 9.07. The third-order valence-electron chi connectivity index (χ3n) is 2.40. The van der Waals surface area contributed by atoms with Crippen molar-refractivity contribution in [3.05, 3.63) is 34.1 Å². The minimum absolute atomic E-state index is 0.262. The summed E-state index contributed by atoms with van der Waals surface area (Å²) in [5.74, 6) is -0.320. The van der Waals surface area contributed by atoms with E-state index in [-0.39, 0.29) is 12.2 Å². The van der Waals surface area contributed by atoms with E-state index in [0.717, 1.165) is 4.47 Å². The second-order valence-electron chi connectivity index (χ2n) is 3.67. The van der Waals surface area contributed by atoms with Crippen LogP contribution in [0, 0.1) is 5.82 Å². The molecule has 1 N–H and O–H groups in total. The van der Waals surface area contributed by atoms with Gasteiger partial charge >= 0.3 is 0 Å². The van der Waals surface area contributed by atoms with Crippen molar-refractivity contribution >= 4 is 15.9 Å². The van der Waals surface area contributed by atoms with Gasteiger partial charge in [0.1, 0.15) is 11.5 Å². The van der Waals surface area contributed by atoms with Crippen LogP contribution in [0.1, 0.15) is 5.56 Å². The maximum Gasteiger partial charge on any atom is 0.139 e. The molecule has 1 aromatic carbocycles. The van der Waals surface area contributed by atoms with E-state index in [1.54, 1.807) is 6.07 Å². The Bertz CT molecular complexity index is 350. The van der Waals surface area contributed by atoms with Crippen LogP contribution in [0.15, 0.2) is 22.7 Å². The lowest BCUT2D eigenvalue weighted by Crippen LogP contribution is -2.57. The first-order valence-corrected chi connectivity index (χ1v) is 5.22. The average Bonchev–Trinajstić information content (AvgIpc) is 2.09. The van der Waals surface area contributed by atoms with Crippen LogP contribution >= 0.6 is 15.9 Å². The molecule has 0 radical (unpaired) electrons. The van der Waals surface area contributed by atoms with Gasteiger partial charge in [0.15, 0.2) is 0 Å². The van der Waals surface area contributed by atoms with E-state index >= 15 is 0 Å². The first-order valence-electron chi connectivity index (χ1n) is 4.43. The highest BCUT2D eigenvalue weighted by molar-refractivity contribution is 9.10. The molecule has 14 heavy (non-hydrogen) atoms. The minimum Gasteiger partial charge on any atom is -0.310 e. The predicted molar refractivity (Wildman–Crippen MR) is 54.5 cm³/mol. The lowest BCUT2D eigenvalue weighted by Gasteiger charge is -2.35. The van der Waals surface area contributed by atoms with Crippen LogP contribution in [-0.4, -0.2) is 18.8 Å². The quantitative estimate of drug-likeness (QED) is 0.863. The topological polar surface area (TPSA) is 12.0 Å². The van der Waals surface area contributed by atoms with Gasteiger partial charge in [-0.1, -0.05) is 15.9 Å². The third kappa shape index (κ3) is 1.96. The van der Waals surface area contributed by atoms with Gasteiger partial charge in [-0.15, -0.1) is 0 Å². The molecule has 4 heteroatoms. The first-order chi connectivity index (χ1) is 6.59. The van der Waals surface area contributed by atoms with Crippen molar-refractivity contribution in [1.29, 1.82) is 0 Å². The molecule has 0 bridgehead atoms. The minimum atomic E-state index is -1.20. The average molecular weight is 262 g/mol. The Morgan fingerprint density at radius 2 is 2.14 bits per heavy atom. The van der Waals surface area contributed by atoms with Crippen LogP contribution in [-0.2, 0) is 6.42 Å². The summed E-state index contributed by atoms with van der Waals surface area (Å²) in [4.78, 5) is 0. The van der Waals surface area contributed by atoms with Gasteiger partial charge < -0.3 is 5.32 Å². The monoisotopic (exact) mass is 261 g/mol. The van der Waals surface area contributed by atoms with Crippen LogP contribution in [0.25, 0.3) is 0 Å². The van der Waals surface area contributed by atoms with Crippen LogP contribution in [0.3, 0.4) is 0 Å². The molecule has 0 aliphatic carbocycles. The number of nitrogens with one attached hydrogen (secondary N) is 1. The Hall–Kier alpha value is -0.480. The number of alkyl halides is 1. The summed E-state index contributed by atoms with van der Waals surface area (Å²) in [7, 11) is 0. The van der Waals surface area contributed by atoms with E-state index in [1.165, 1.54) is 12.1 Å². The van der Waals surface area contributed by atoms with Crippen molar-refractivity contribution in [2.75, 3.05) is 13.1 Å². The van der Waals surface area contributed by atoms with Crippen molar-refractivity contribution in [2.24, 2.45) is 0 Å². The second-order valence-corrected chi connectivity index (χ2v) is 4.52. The van der Waals surface area contributed by atoms with Gasteiger partial charge in [0, 0.05) is 24.0 Å². The predicted octanol–water partition coefficient (Wildman–Crippen LogP) is 2.44. The van der Waals surface area contributed by atoms with Gasteiger partial charge in [-0.05, 0) is 23.8 Å². The Kier molecular flexibility index (Phi) is 2.58. The lowest BCUT2D eigenvalue weighted by atomic mass is 9.91. The Morgan fingerprint density at radius 3 is 2.71 bits per heavy atom. The van der Waals surface area contributed by atoms with Gasteiger partial charge in [0.25, 0.3) is 0 Å². The van der Waals surface area contributed by atoms with Crippen molar-refractivity contribution in [3.8, 4) is 0 Å². The molecule has 1 heterocycles. The fourth-order valence-electron chi connectivity index (χ4n) is 1.54. The van der Waals surface area contributed by atoms with Crippen LogP contribution in [0.4, 0.5) is 8.78 Å². The summed E-state index contributed by atoms with van der Waals surface area (Å²) in [6.45, 7) is 0.714. The van der Waals surface area contributed by atoms with Gasteiger partial charge in [-0.3, -0.25) is 0 Å². The SMILES string of the molecule is Fc1ccc(Br)c(CC2(F)CNC2)c1. The zero-order valence-electron chi connectivity index (χ0n) is 7.49. The van der Waals surface area contributed by atoms with E-state index in [4.69, 9.17) is 0 Å². The largest absolute Gasteiger partial charge is 0.310 e. The molecular weight excluding hydrogens is 252 g/mol. The Labute approximate surface area is 89.6 Å². The first kappa shape index (κ1) is 10.1. The molecule has 2 rings (SSSR count). The smallest absolute Gasteiger partial charge is 0.139 e. The van der Waals surface area contributed by atoms with E-state index in [2.05, 4.69) is 21.2 Å². The second kappa shape index (κ2) is 3.59. The lowest BCUT2D eigenvalue weighted by molar-refractivity contribution is 0.0909. The summed E-state index contributed by atoms with van der Waals surface area (Å²) in [5.41, 5.74) is -0.509. The van der Waals surface area contributed by atoms with Gasteiger partial charge in [-0.2, -0.15) is 0 Å². The molecule has 1 nitrogen and oxygen atoms in total. The summed E-state index contributed by atoms with van der Waals surface area (Å²) in [6, 6.07) is 4.35. The number of halogens is 3. The number of hydrogen-bond acceptors (Lipinski definition) is 1. The molecule has 0 unspecified atom stereocenters. The molecule has 0 amide bonds. The Morgan fingerprint density at radius 1 is 1.43 bits per heavy atom. The maximum atomic E-state index is 13.7. The summed E-state index contributed by atoms with van der Waals surface area (Å²) in [6.07, 6.45) is 0.262. The third-order valence-corrected chi connectivity index (χ3v) is 3.17. The summed E-state index contributed by atoms with van der Waals surface area (Å²) < 4.78 is 27.3. The number of rotatable bonds is 2. The van der Waals surface area contributed by atoms with E-state index in [9.17, 15) is 8.78 Å². The van der Waals surface area contributed by atoms with E-state index in [1.807, 2.05) is 0 Å². The highest BCUT2D eigenvalue weighted by atomic mass is 79.9. The number of hydrogen-bond donors (Lipinski definition) is 1. The van der Waals surface area contributed by atoms with Crippen molar-refractivity contribution in [3.63, 3.8) is 0 Å². The zero-order chi connectivity index (χ0) is 10.2. The molecule has 1 fully saturated rings. The standard InChI is InChI=1S/C10H10BrF2N/c11-9-2-1-8(12)3-7(9)4-10(13)5-14-6-10/h1-3,14H,4-6H2. The molecule has 0 spiro atoms. The molecule has 0 atom stereocenters. The molecule has 1 aliphatic heterocycles. The molecule has 1 aliphatic rings. The molecule has 1 aromatic rings. The molecule has 76 valence electrons. The normalized spacial score (nSPS) is 19.1. The molecular formula is C10H10BrF2N. The van der Waals surface area contributed by atoms with Crippen LogP contribution in [0.5, 0.6) is 0 Å². The van der Waals surface area contributed by atoms with Crippen molar-refractivity contribution in [2.45, 2.75) is 12.1 Å². The van der Waals surface area contributed by atoms with E-state index < -0.39 is 5.67 Å². The molecule has 0 saturated carbocycles. The maximum absolute atomic E-state index is 13.7. The van der Waals surface area contributed by atoms with Gasteiger partial charge in [-0.25, -0.2) is 8.78 Å². The fraction of sp³-hybridized carbons (Fsp3) is 0.400. The summed E-state index contributed by atoms with van der Waals surface area (Å²) in [5, 5.41) is 2.87. The number of benzene rings is 1. The van der Waals surface area contributed by atoms with Crippen molar-refractivity contribution < 1.29 is 8.78 Å². The molecule has 0 aromatic heterocycles. The van der Waals surface area contributed by atoms with Crippen molar-refractivity contribution in [1.82, 2.24) is 5.32 Å². The Balaban J connectivity index is 2.19. The highest BCUT2D eigenvalue weighted by Gasteiger charge is 2.37. The van der Waals surface area contributed by atoms with Crippen LogP contribution in [0.2, 0.25) is 0 Å².